The maximum atomic E-state index is 6.11. The normalized spacial score (nSPS) is 15.1. The van der Waals surface area contributed by atoms with Crippen molar-refractivity contribution in [2.75, 3.05) is 0 Å². The quantitative estimate of drug-likeness (QED) is 0.642. The Hall–Kier alpha value is -2.09. The van der Waals surface area contributed by atoms with Gasteiger partial charge in [-0.05, 0) is 42.9 Å². The van der Waals surface area contributed by atoms with Crippen molar-refractivity contribution >= 4 is 11.5 Å². The predicted molar refractivity (Wildman–Crippen MR) is 79.9 cm³/mol. The molecule has 0 radical (unpaired) electrons. The summed E-state index contributed by atoms with van der Waals surface area (Å²) in [6.45, 7) is 0. The van der Waals surface area contributed by atoms with E-state index in [1.807, 2.05) is 30.3 Å². The van der Waals surface area contributed by atoms with Crippen molar-refractivity contribution < 1.29 is 0 Å². The van der Waals surface area contributed by atoms with Crippen LogP contribution in [0.4, 0.5) is 5.69 Å². The van der Waals surface area contributed by atoms with Gasteiger partial charge in [0.1, 0.15) is 5.84 Å². The lowest BCUT2D eigenvalue weighted by Gasteiger charge is -2.17. The first-order chi connectivity index (χ1) is 9.34. The number of hydrogen-bond acceptors (Lipinski definition) is 1. The van der Waals surface area contributed by atoms with Crippen LogP contribution in [-0.2, 0) is 12.8 Å². The van der Waals surface area contributed by atoms with Crippen LogP contribution in [0.2, 0.25) is 0 Å². The number of benzene rings is 2. The van der Waals surface area contributed by atoms with E-state index < -0.39 is 0 Å². The third kappa shape index (κ3) is 2.53. The summed E-state index contributed by atoms with van der Waals surface area (Å²) >= 11 is 0. The lowest BCUT2D eigenvalue weighted by molar-refractivity contribution is 0.686. The van der Waals surface area contributed by atoms with Crippen LogP contribution in [0.1, 0.15) is 29.5 Å². The van der Waals surface area contributed by atoms with E-state index >= 15 is 0 Å². The van der Waals surface area contributed by atoms with Crippen molar-refractivity contribution in [3.8, 4) is 0 Å². The van der Waals surface area contributed by atoms with E-state index in [9.17, 15) is 0 Å². The first-order valence-electron chi connectivity index (χ1n) is 6.85. The van der Waals surface area contributed by atoms with E-state index in [-0.39, 0.29) is 0 Å². The summed E-state index contributed by atoms with van der Waals surface area (Å²) in [4.78, 5) is 4.64. The Morgan fingerprint density at radius 1 is 0.895 bits per heavy atom. The molecule has 2 N–H and O–H groups in total. The van der Waals surface area contributed by atoms with Crippen LogP contribution >= 0.6 is 0 Å². The zero-order chi connectivity index (χ0) is 13.1. The molecule has 1 aliphatic carbocycles. The van der Waals surface area contributed by atoms with Crippen LogP contribution in [-0.4, -0.2) is 5.84 Å². The van der Waals surface area contributed by atoms with Gasteiger partial charge in [0, 0.05) is 5.56 Å². The van der Waals surface area contributed by atoms with Gasteiger partial charge in [-0.25, -0.2) is 4.99 Å². The summed E-state index contributed by atoms with van der Waals surface area (Å²) in [5.41, 5.74) is 11.0. The monoisotopic (exact) mass is 250 g/mol. The number of nitrogens with zero attached hydrogens (tertiary/aromatic N) is 1. The van der Waals surface area contributed by atoms with Crippen LogP contribution in [0, 0.1) is 0 Å². The Bertz CT molecular complexity index is 600. The maximum Gasteiger partial charge on any atom is 0.131 e. The fourth-order valence-electron chi connectivity index (χ4n) is 2.67. The Balaban J connectivity index is 1.99. The molecule has 0 fully saturated rings. The van der Waals surface area contributed by atoms with E-state index in [2.05, 4.69) is 23.2 Å². The molecule has 2 nitrogen and oxygen atoms in total. The van der Waals surface area contributed by atoms with Gasteiger partial charge in [0.15, 0.2) is 0 Å². The summed E-state index contributed by atoms with van der Waals surface area (Å²) in [6, 6.07) is 16.3. The van der Waals surface area contributed by atoms with Gasteiger partial charge in [0.25, 0.3) is 0 Å². The molecule has 0 spiro atoms. The summed E-state index contributed by atoms with van der Waals surface area (Å²) in [7, 11) is 0. The third-order valence-corrected chi connectivity index (χ3v) is 3.68. The van der Waals surface area contributed by atoms with E-state index in [0.717, 1.165) is 17.7 Å². The molecule has 2 aromatic rings. The SMILES string of the molecule is NC(=Nc1cccc2c1CCCC2)c1ccccc1. The second kappa shape index (κ2) is 5.27. The summed E-state index contributed by atoms with van der Waals surface area (Å²) in [5.74, 6) is 0.597. The zero-order valence-corrected chi connectivity index (χ0v) is 11.0. The van der Waals surface area contributed by atoms with Gasteiger partial charge in [0.05, 0.1) is 5.69 Å². The number of rotatable bonds is 2. The first-order valence-corrected chi connectivity index (χ1v) is 6.85. The van der Waals surface area contributed by atoms with Crippen LogP contribution in [0.5, 0.6) is 0 Å². The van der Waals surface area contributed by atoms with E-state index in [1.165, 1.54) is 30.4 Å². The highest BCUT2D eigenvalue weighted by molar-refractivity contribution is 5.99. The number of hydrogen-bond donors (Lipinski definition) is 1. The second-order valence-corrected chi connectivity index (χ2v) is 4.98. The smallest absolute Gasteiger partial charge is 0.131 e. The fraction of sp³-hybridized carbons (Fsp3) is 0.235. The fourth-order valence-corrected chi connectivity index (χ4v) is 2.67. The molecule has 0 saturated carbocycles. The molecule has 2 heteroatoms. The lowest BCUT2D eigenvalue weighted by atomic mass is 9.90. The van der Waals surface area contributed by atoms with Gasteiger partial charge in [0.2, 0.25) is 0 Å². The minimum Gasteiger partial charge on any atom is -0.383 e. The number of nitrogens with two attached hydrogens (primary N) is 1. The topological polar surface area (TPSA) is 38.4 Å². The zero-order valence-electron chi connectivity index (χ0n) is 11.0. The van der Waals surface area contributed by atoms with Crippen LogP contribution in [0.25, 0.3) is 0 Å². The maximum absolute atomic E-state index is 6.11. The number of fused-ring (bicyclic) bond motifs is 1. The molecule has 0 bridgehead atoms. The van der Waals surface area contributed by atoms with Crippen LogP contribution in [0.3, 0.4) is 0 Å². The van der Waals surface area contributed by atoms with E-state index in [4.69, 9.17) is 5.73 Å². The van der Waals surface area contributed by atoms with Gasteiger partial charge in [-0.3, -0.25) is 0 Å². The summed E-state index contributed by atoms with van der Waals surface area (Å²) < 4.78 is 0. The minimum absolute atomic E-state index is 0.597. The summed E-state index contributed by atoms with van der Waals surface area (Å²) in [5, 5.41) is 0. The van der Waals surface area contributed by atoms with Crippen LogP contribution < -0.4 is 5.73 Å². The molecule has 19 heavy (non-hydrogen) atoms. The van der Waals surface area contributed by atoms with Crippen molar-refractivity contribution in [1.82, 2.24) is 0 Å². The standard InChI is InChI=1S/C17H18N2/c18-17(14-8-2-1-3-9-14)19-16-12-6-10-13-7-4-5-11-15(13)16/h1-3,6,8-10,12H,4-5,7,11H2,(H2,18,19). The molecule has 2 aromatic carbocycles. The molecule has 0 heterocycles. The van der Waals surface area contributed by atoms with Crippen molar-refractivity contribution in [2.45, 2.75) is 25.7 Å². The lowest BCUT2D eigenvalue weighted by Crippen LogP contribution is -2.13. The molecule has 0 amide bonds. The van der Waals surface area contributed by atoms with Crippen molar-refractivity contribution in [2.24, 2.45) is 10.7 Å². The molecule has 96 valence electrons. The first kappa shape index (κ1) is 12.0. The predicted octanol–water partition coefficient (Wildman–Crippen LogP) is 3.60. The van der Waals surface area contributed by atoms with Crippen LogP contribution in [0.15, 0.2) is 53.5 Å². The molecular formula is C17H18N2. The average Bonchev–Trinajstić information content (AvgIpc) is 2.48. The van der Waals surface area contributed by atoms with Crippen molar-refractivity contribution in [3.63, 3.8) is 0 Å². The molecule has 0 aliphatic heterocycles. The molecule has 1 aliphatic rings. The molecular weight excluding hydrogens is 232 g/mol. The van der Waals surface area contributed by atoms with E-state index in [1.54, 1.807) is 0 Å². The van der Waals surface area contributed by atoms with Crippen molar-refractivity contribution in [1.29, 1.82) is 0 Å². The number of amidine groups is 1. The largest absolute Gasteiger partial charge is 0.383 e. The van der Waals surface area contributed by atoms with E-state index in [0.29, 0.717) is 5.84 Å². The second-order valence-electron chi connectivity index (χ2n) is 4.98. The Morgan fingerprint density at radius 2 is 1.68 bits per heavy atom. The Kier molecular flexibility index (Phi) is 3.32. The number of aryl methyl sites for hydroxylation is 1. The molecule has 0 atom stereocenters. The molecule has 0 aromatic heterocycles. The molecule has 3 rings (SSSR count). The van der Waals surface area contributed by atoms with Gasteiger partial charge < -0.3 is 5.73 Å². The number of aliphatic imine (C=N–C) groups is 1. The minimum atomic E-state index is 0.597. The van der Waals surface area contributed by atoms with Gasteiger partial charge in [-0.1, -0.05) is 42.5 Å². The highest BCUT2D eigenvalue weighted by atomic mass is 14.9. The molecule has 0 unspecified atom stereocenters. The average molecular weight is 250 g/mol. The summed E-state index contributed by atoms with van der Waals surface area (Å²) in [6.07, 6.45) is 4.83. The Labute approximate surface area is 114 Å². The van der Waals surface area contributed by atoms with Gasteiger partial charge >= 0.3 is 0 Å². The molecule has 0 saturated heterocycles. The Morgan fingerprint density at radius 3 is 2.53 bits per heavy atom. The van der Waals surface area contributed by atoms with Gasteiger partial charge in [-0.2, -0.15) is 0 Å². The van der Waals surface area contributed by atoms with Gasteiger partial charge in [-0.15, -0.1) is 0 Å². The highest BCUT2D eigenvalue weighted by Crippen LogP contribution is 2.29. The van der Waals surface area contributed by atoms with Crippen molar-refractivity contribution in [3.05, 3.63) is 65.2 Å². The third-order valence-electron chi connectivity index (χ3n) is 3.68. The highest BCUT2D eigenvalue weighted by Gasteiger charge is 2.12.